The van der Waals surface area contributed by atoms with Crippen LogP contribution in [0.4, 0.5) is 17.1 Å². The molecule has 0 spiro atoms. The Kier molecular flexibility index (Phi) is 8.41. The molecule has 3 N–H and O–H groups in total. The Labute approximate surface area is 234 Å². The number of phenolic OH excluding ortho intramolecular Hbond substituents is 1. The number of halogens is 2. The van der Waals surface area contributed by atoms with E-state index in [2.05, 4.69) is 15.5 Å². The van der Waals surface area contributed by atoms with Gasteiger partial charge in [0.1, 0.15) is 22.0 Å². The monoisotopic (exact) mass is 587 g/mol. The summed E-state index contributed by atoms with van der Waals surface area (Å²) in [5.74, 6) is -0.768. The van der Waals surface area contributed by atoms with Crippen LogP contribution in [0.25, 0.3) is 10.8 Å². The quantitative estimate of drug-likeness (QED) is 0.142. The number of anilines is 1. The highest BCUT2D eigenvalue weighted by molar-refractivity contribution is 7.86. The van der Waals surface area contributed by atoms with Crippen molar-refractivity contribution in [1.29, 1.82) is 0 Å². The number of carbonyl (C=O) groups is 1. The summed E-state index contributed by atoms with van der Waals surface area (Å²) in [6, 6.07) is 15.7. The van der Waals surface area contributed by atoms with E-state index < -0.39 is 26.7 Å². The molecule has 0 aliphatic rings. The van der Waals surface area contributed by atoms with E-state index in [1.54, 1.807) is 50.2 Å². The van der Waals surface area contributed by atoms with Crippen molar-refractivity contribution in [2.24, 2.45) is 10.2 Å². The molecule has 12 heteroatoms. The van der Waals surface area contributed by atoms with Gasteiger partial charge in [-0.05, 0) is 60.7 Å². The minimum atomic E-state index is -4.70. The molecule has 0 saturated heterocycles. The molecule has 0 aliphatic heterocycles. The lowest BCUT2D eigenvalue weighted by molar-refractivity contribution is 0.102. The summed E-state index contributed by atoms with van der Waals surface area (Å²) in [4.78, 5) is 12.8. The topological polar surface area (TPSA) is 138 Å². The number of nitrogens with one attached hydrogen (secondary N) is 1. The second kappa shape index (κ2) is 11.6. The van der Waals surface area contributed by atoms with E-state index >= 15 is 0 Å². The predicted molar refractivity (Wildman–Crippen MR) is 151 cm³/mol. The number of phenols is 1. The van der Waals surface area contributed by atoms with Gasteiger partial charge in [0.25, 0.3) is 16.0 Å². The van der Waals surface area contributed by atoms with Gasteiger partial charge in [-0.1, -0.05) is 54.4 Å². The summed E-state index contributed by atoms with van der Waals surface area (Å²) in [6.07, 6.45) is 0.328. The number of ether oxygens (including phenoxy) is 1. The third kappa shape index (κ3) is 6.15. The smallest absolute Gasteiger partial charge is 0.296 e. The number of hydrogen-bond acceptors (Lipinski definition) is 7. The third-order valence-electron chi connectivity index (χ3n) is 5.76. The maximum atomic E-state index is 13.3. The second-order valence-electron chi connectivity index (χ2n) is 8.31. The normalized spacial score (nSPS) is 11.7. The first kappa shape index (κ1) is 28.3. The number of fused-ring (bicyclic) bond motifs is 1. The fraction of sp³-hybridized carbons (Fsp3) is 0.148. The number of aromatic hydroxyl groups is 1. The first-order valence-corrected chi connectivity index (χ1v) is 13.9. The van der Waals surface area contributed by atoms with Gasteiger partial charge in [0.2, 0.25) is 0 Å². The van der Waals surface area contributed by atoms with E-state index in [4.69, 9.17) is 27.9 Å². The Morgan fingerprint density at radius 2 is 1.69 bits per heavy atom. The van der Waals surface area contributed by atoms with E-state index in [0.29, 0.717) is 45.8 Å². The predicted octanol–water partition coefficient (Wildman–Crippen LogP) is 7.73. The zero-order chi connectivity index (χ0) is 28.3. The van der Waals surface area contributed by atoms with Crippen LogP contribution in [0, 0.1) is 0 Å². The van der Waals surface area contributed by atoms with Gasteiger partial charge in [-0.3, -0.25) is 9.35 Å². The van der Waals surface area contributed by atoms with Crippen LogP contribution in [0.2, 0.25) is 10.0 Å². The SMILES string of the molecule is CCOc1ccc(Cl)cc1NC(=O)c1cc2ccccc2c(N=Nc2c(CC)cc(Cl)cc2S(=O)(=O)O)c1O. The molecule has 0 atom stereocenters. The number of aryl methyl sites for hydroxylation is 1. The Morgan fingerprint density at radius 1 is 0.974 bits per heavy atom. The average molecular weight is 588 g/mol. The molecule has 0 radical (unpaired) electrons. The fourth-order valence-electron chi connectivity index (χ4n) is 3.97. The summed E-state index contributed by atoms with van der Waals surface area (Å²) in [5.41, 5.74) is 0.375. The highest BCUT2D eigenvalue weighted by Crippen LogP contribution is 2.41. The third-order valence-corrected chi connectivity index (χ3v) is 7.08. The van der Waals surface area contributed by atoms with Gasteiger partial charge in [0.15, 0.2) is 5.75 Å². The van der Waals surface area contributed by atoms with Gasteiger partial charge in [-0.2, -0.15) is 8.42 Å². The van der Waals surface area contributed by atoms with Crippen molar-refractivity contribution < 1.29 is 27.6 Å². The molecule has 1 amide bonds. The molecule has 0 heterocycles. The molecule has 39 heavy (non-hydrogen) atoms. The Bertz CT molecular complexity index is 1720. The minimum absolute atomic E-state index is 0.0762. The zero-order valence-corrected chi connectivity index (χ0v) is 23.1. The van der Waals surface area contributed by atoms with Crippen LogP contribution in [-0.2, 0) is 16.5 Å². The summed E-state index contributed by atoms with van der Waals surface area (Å²) < 4.78 is 39.4. The fourth-order valence-corrected chi connectivity index (χ4v) is 5.14. The van der Waals surface area contributed by atoms with Crippen molar-refractivity contribution in [2.75, 3.05) is 11.9 Å². The molecular formula is C27H23Cl2N3O6S. The van der Waals surface area contributed by atoms with Crippen molar-refractivity contribution >= 4 is 67.1 Å². The molecule has 0 aromatic heterocycles. The van der Waals surface area contributed by atoms with Crippen molar-refractivity contribution in [3.63, 3.8) is 0 Å². The zero-order valence-electron chi connectivity index (χ0n) is 20.8. The van der Waals surface area contributed by atoms with Crippen LogP contribution >= 0.6 is 23.2 Å². The van der Waals surface area contributed by atoms with Crippen LogP contribution in [0.1, 0.15) is 29.8 Å². The Hall–Kier alpha value is -3.70. The van der Waals surface area contributed by atoms with E-state index in [0.717, 1.165) is 6.07 Å². The van der Waals surface area contributed by atoms with Crippen molar-refractivity contribution in [3.05, 3.63) is 81.8 Å². The van der Waals surface area contributed by atoms with Crippen molar-refractivity contribution in [1.82, 2.24) is 0 Å². The molecule has 4 rings (SSSR count). The molecule has 0 bridgehead atoms. The van der Waals surface area contributed by atoms with E-state index in [-0.39, 0.29) is 22.0 Å². The average Bonchev–Trinajstić information content (AvgIpc) is 2.89. The number of rotatable bonds is 8. The largest absolute Gasteiger partial charge is 0.505 e. The summed E-state index contributed by atoms with van der Waals surface area (Å²) >= 11 is 12.1. The molecule has 202 valence electrons. The minimum Gasteiger partial charge on any atom is -0.505 e. The standard InChI is InChI=1S/C27H23Cl2N3O6S/c1-3-15-11-18(29)14-23(39(35,36)37)24(15)31-32-25-19-8-6-5-7-16(19)12-20(26(25)33)27(34)30-21-13-17(28)9-10-22(21)38-4-2/h5-14,33H,3-4H2,1-2H3,(H,30,34)(H,35,36,37). The van der Waals surface area contributed by atoms with Crippen LogP contribution in [0.3, 0.4) is 0 Å². The number of benzene rings is 4. The maximum absolute atomic E-state index is 13.3. The van der Waals surface area contributed by atoms with E-state index in [1.807, 2.05) is 0 Å². The number of nitrogens with zero attached hydrogens (tertiary/aromatic N) is 2. The molecule has 0 aliphatic carbocycles. The molecule has 9 nitrogen and oxygen atoms in total. The molecule has 4 aromatic rings. The molecule has 0 fully saturated rings. The number of azo groups is 1. The lowest BCUT2D eigenvalue weighted by atomic mass is 10.0. The lowest BCUT2D eigenvalue weighted by Crippen LogP contribution is -2.13. The highest BCUT2D eigenvalue weighted by Gasteiger charge is 2.22. The Balaban J connectivity index is 1.86. The van der Waals surface area contributed by atoms with Crippen molar-refractivity contribution in [3.8, 4) is 11.5 Å². The lowest BCUT2D eigenvalue weighted by Gasteiger charge is -2.14. The highest BCUT2D eigenvalue weighted by atomic mass is 35.5. The Morgan fingerprint density at radius 3 is 2.38 bits per heavy atom. The van der Waals surface area contributed by atoms with Gasteiger partial charge in [0, 0.05) is 15.4 Å². The van der Waals surface area contributed by atoms with Gasteiger partial charge >= 0.3 is 0 Å². The number of amides is 1. The van der Waals surface area contributed by atoms with Crippen LogP contribution in [0.15, 0.2) is 75.8 Å². The molecule has 4 aromatic carbocycles. The second-order valence-corrected chi connectivity index (χ2v) is 10.6. The first-order valence-electron chi connectivity index (χ1n) is 11.7. The van der Waals surface area contributed by atoms with Crippen LogP contribution < -0.4 is 10.1 Å². The number of carbonyl (C=O) groups excluding carboxylic acids is 1. The van der Waals surface area contributed by atoms with Gasteiger partial charge < -0.3 is 15.2 Å². The molecular weight excluding hydrogens is 565 g/mol. The maximum Gasteiger partial charge on any atom is 0.296 e. The number of hydrogen-bond donors (Lipinski definition) is 3. The van der Waals surface area contributed by atoms with E-state index in [9.17, 15) is 22.9 Å². The summed E-state index contributed by atoms with van der Waals surface area (Å²) in [5, 5.41) is 23.6. The summed E-state index contributed by atoms with van der Waals surface area (Å²) in [6.45, 7) is 3.90. The van der Waals surface area contributed by atoms with Gasteiger partial charge in [0.05, 0.1) is 17.9 Å². The molecule has 0 unspecified atom stereocenters. The van der Waals surface area contributed by atoms with Gasteiger partial charge in [-0.25, -0.2) is 0 Å². The van der Waals surface area contributed by atoms with Crippen LogP contribution in [0.5, 0.6) is 11.5 Å². The van der Waals surface area contributed by atoms with Crippen molar-refractivity contribution in [2.45, 2.75) is 25.2 Å². The van der Waals surface area contributed by atoms with E-state index in [1.165, 1.54) is 18.2 Å². The molecule has 0 saturated carbocycles. The van der Waals surface area contributed by atoms with Crippen LogP contribution in [-0.4, -0.2) is 30.6 Å². The summed E-state index contributed by atoms with van der Waals surface area (Å²) in [7, 11) is -4.70. The first-order chi connectivity index (χ1) is 18.5. The van der Waals surface area contributed by atoms with Gasteiger partial charge in [-0.15, -0.1) is 10.2 Å².